The van der Waals surface area contributed by atoms with Crippen molar-refractivity contribution in [2.24, 2.45) is 0 Å². The van der Waals surface area contributed by atoms with Crippen molar-refractivity contribution in [3.8, 4) is 33.8 Å². The fourth-order valence-corrected chi connectivity index (χ4v) is 4.28. The van der Waals surface area contributed by atoms with Gasteiger partial charge in [-0.2, -0.15) is 0 Å². The summed E-state index contributed by atoms with van der Waals surface area (Å²) in [6.45, 7) is 4.91. The molecule has 35 heavy (non-hydrogen) atoms. The van der Waals surface area contributed by atoms with Gasteiger partial charge in [0.25, 0.3) is 0 Å². The van der Waals surface area contributed by atoms with Crippen molar-refractivity contribution in [2.75, 3.05) is 14.2 Å². The molecule has 4 aromatic carbocycles. The summed E-state index contributed by atoms with van der Waals surface area (Å²) in [7, 11) is 3.35. The fraction of sp³-hybridized carbons (Fsp3) is 0.200. The van der Waals surface area contributed by atoms with Crippen LogP contribution in [0.5, 0.6) is 11.5 Å². The zero-order valence-corrected chi connectivity index (χ0v) is 21.8. The maximum absolute atomic E-state index is 6.26. The first-order valence-electron chi connectivity index (χ1n) is 11.3. The summed E-state index contributed by atoms with van der Waals surface area (Å²) in [5, 5.41) is 1.50. The van der Waals surface area contributed by atoms with E-state index in [1.807, 2.05) is 62.4 Å². The fourth-order valence-electron chi connectivity index (χ4n) is 4.05. The molecule has 0 spiro atoms. The van der Waals surface area contributed by atoms with Gasteiger partial charge in [0.1, 0.15) is 11.5 Å². The minimum atomic E-state index is 0.451. The zero-order chi connectivity index (χ0) is 24.9. The molecule has 0 aliphatic heterocycles. The lowest BCUT2D eigenvalue weighted by molar-refractivity contribution is 0.107. The van der Waals surface area contributed by atoms with Gasteiger partial charge >= 0.3 is 0 Å². The number of aryl methyl sites for hydroxylation is 2. The van der Waals surface area contributed by atoms with Gasteiger partial charge in [0, 0.05) is 10.0 Å². The van der Waals surface area contributed by atoms with Crippen LogP contribution in [0.2, 0.25) is 10.0 Å². The van der Waals surface area contributed by atoms with Crippen LogP contribution in [0.25, 0.3) is 22.3 Å². The van der Waals surface area contributed by atoms with E-state index in [1.54, 1.807) is 14.2 Å². The predicted octanol–water partition coefficient (Wildman–Crippen LogP) is 8.68. The van der Waals surface area contributed by atoms with E-state index in [0.29, 0.717) is 13.2 Å². The highest BCUT2D eigenvalue weighted by Gasteiger charge is 2.12. The van der Waals surface area contributed by atoms with E-state index >= 15 is 0 Å². The van der Waals surface area contributed by atoms with E-state index in [2.05, 4.69) is 24.3 Å². The average Bonchev–Trinajstić information content (AvgIpc) is 2.87. The summed E-state index contributed by atoms with van der Waals surface area (Å²) in [4.78, 5) is 0. The number of rotatable bonds is 8. The molecular weight excluding hydrogens is 479 g/mol. The molecule has 4 aromatic rings. The number of hydrogen-bond donors (Lipinski definition) is 0. The number of ether oxygens (including phenoxy) is 3. The van der Waals surface area contributed by atoms with Gasteiger partial charge in [0.05, 0.1) is 27.4 Å². The third kappa shape index (κ3) is 5.82. The van der Waals surface area contributed by atoms with E-state index in [4.69, 9.17) is 37.4 Å². The summed E-state index contributed by atoms with van der Waals surface area (Å²) in [6.07, 6.45) is 0. The standard InChI is InChI=1S/C30H28Cl2O3/c1-19-13-21(7-11-29(19)31)27-15-25(33-3)9-5-23(27)17-35-18-24-6-10-26(34-4)16-28(24)22-8-12-30(32)20(2)14-22/h5-16H,17-18H2,1-4H3. The molecule has 4 rings (SSSR count). The van der Waals surface area contributed by atoms with Crippen LogP contribution in [0.3, 0.4) is 0 Å². The van der Waals surface area contributed by atoms with Crippen LogP contribution in [-0.2, 0) is 18.0 Å². The highest BCUT2D eigenvalue weighted by molar-refractivity contribution is 6.31. The maximum Gasteiger partial charge on any atom is 0.119 e. The van der Waals surface area contributed by atoms with E-state index < -0.39 is 0 Å². The smallest absolute Gasteiger partial charge is 0.119 e. The predicted molar refractivity (Wildman–Crippen MR) is 145 cm³/mol. The maximum atomic E-state index is 6.26. The Kier molecular flexibility index (Phi) is 8.02. The van der Waals surface area contributed by atoms with Crippen molar-refractivity contribution in [1.29, 1.82) is 0 Å². The Morgan fingerprint density at radius 1 is 0.571 bits per heavy atom. The highest BCUT2D eigenvalue weighted by atomic mass is 35.5. The summed E-state index contributed by atoms with van der Waals surface area (Å²) < 4.78 is 17.2. The normalized spacial score (nSPS) is 10.9. The van der Waals surface area contributed by atoms with Crippen molar-refractivity contribution in [3.63, 3.8) is 0 Å². The van der Waals surface area contributed by atoms with Gasteiger partial charge in [-0.15, -0.1) is 0 Å². The van der Waals surface area contributed by atoms with Gasteiger partial charge in [-0.05, 0) is 107 Å². The zero-order valence-electron chi connectivity index (χ0n) is 20.3. The Morgan fingerprint density at radius 3 is 1.37 bits per heavy atom. The molecule has 0 bridgehead atoms. The van der Waals surface area contributed by atoms with Gasteiger partial charge in [0.2, 0.25) is 0 Å². The Labute approximate surface area is 217 Å². The Balaban J connectivity index is 1.61. The first-order chi connectivity index (χ1) is 16.9. The molecule has 3 nitrogen and oxygen atoms in total. The van der Waals surface area contributed by atoms with Crippen molar-refractivity contribution in [2.45, 2.75) is 27.1 Å². The van der Waals surface area contributed by atoms with Gasteiger partial charge in [-0.3, -0.25) is 0 Å². The molecule has 0 radical (unpaired) electrons. The largest absolute Gasteiger partial charge is 0.497 e. The van der Waals surface area contributed by atoms with Crippen LogP contribution in [0.15, 0.2) is 72.8 Å². The molecule has 0 aliphatic rings. The first kappa shape index (κ1) is 25.1. The third-order valence-corrected chi connectivity index (χ3v) is 6.94. The minimum Gasteiger partial charge on any atom is -0.497 e. The van der Waals surface area contributed by atoms with E-state index in [1.165, 1.54) is 0 Å². The van der Waals surface area contributed by atoms with Gasteiger partial charge in [0.15, 0.2) is 0 Å². The lowest BCUT2D eigenvalue weighted by atomic mass is 9.97. The number of hydrogen-bond acceptors (Lipinski definition) is 3. The second-order valence-electron chi connectivity index (χ2n) is 8.47. The third-order valence-electron chi connectivity index (χ3n) is 6.09. The lowest BCUT2D eigenvalue weighted by Gasteiger charge is -2.16. The SMILES string of the molecule is COc1ccc(COCc2ccc(OC)cc2-c2ccc(Cl)c(C)c2)c(-c2ccc(Cl)c(C)c2)c1. The highest BCUT2D eigenvalue weighted by Crippen LogP contribution is 2.33. The molecule has 5 heteroatoms. The number of methoxy groups -OCH3 is 2. The number of halogens is 2. The Bertz CT molecular complexity index is 1240. The van der Waals surface area contributed by atoms with E-state index in [-0.39, 0.29) is 0 Å². The molecule has 0 unspecified atom stereocenters. The molecule has 0 aromatic heterocycles. The molecule has 0 amide bonds. The van der Waals surface area contributed by atoms with Gasteiger partial charge in [-0.25, -0.2) is 0 Å². The molecule has 0 N–H and O–H groups in total. The lowest BCUT2D eigenvalue weighted by Crippen LogP contribution is -2.00. The molecular formula is C30H28Cl2O3. The molecule has 0 fully saturated rings. The molecule has 180 valence electrons. The van der Waals surface area contributed by atoms with Crippen molar-refractivity contribution >= 4 is 23.2 Å². The first-order valence-corrected chi connectivity index (χ1v) is 12.1. The molecule has 0 saturated heterocycles. The summed E-state index contributed by atoms with van der Waals surface area (Å²) >= 11 is 12.5. The average molecular weight is 507 g/mol. The van der Waals surface area contributed by atoms with Crippen molar-refractivity contribution in [3.05, 3.63) is 105 Å². The van der Waals surface area contributed by atoms with E-state index in [0.717, 1.165) is 66.1 Å². The minimum absolute atomic E-state index is 0.451. The summed E-state index contributed by atoms with van der Waals surface area (Å²) in [5.41, 5.74) is 8.48. The monoisotopic (exact) mass is 506 g/mol. The van der Waals surface area contributed by atoms with Crippen LogP contribution in [0.1, 0.15) is 22.3 Å². The Hall–Kier alpha value is -2.98. The van der Waals surface area contributed by atoms with Crippen LogP contribution in [0.4, 0.5) is 0 Å². The molecule has 0 aliphatic carbocycles. The van der Waals surface area contributed by atoms with Crippen LogP contribution in [-0.4, -0.2) is 14.2 Å². The van der Waals surface area contributed by atoms with E-state index in [9.17, 15) is 0 Å². The summed E-state index contributed by atoms with van der Waals surface area (Å²) in [6, 6.07) is 24.2. The quantitative estimate of drug-likeness (QED) is 0.239. The second-order valence-corrected chi connectivity index (χ2v) is 9.28. The topological polar surface area (TPSA) is 27.7 Å². The van der Waals surface area contributed by atoms with Crippen LogP contribution < -0.4 is 9.47 Å². The molecule has 0 saturated carbocycles. The molecule has 0 heterocycles. The van der Waals surface area contributed by atoms with Crippen molar-refractivity contribution < 1.29 is 14.2 Å². The Morgan fingerprint density at radius 2 is 1.00 bits per heavy atom. The van der Waals surface area contributed by atoms with Gasteiger partial charge in [-0.1, -0.05) is 47.5 Å². The van der Waals surface area contributed by atoms with Gasteiger partial charge < -0.3 is 14.2 Å². The molecule has 0 atom stereocenters. The van der Waals surface area contributed by atoms with Crippen molar-refractivity contribution in [1.82, 2.24) is 0 Å². The summed E-state index contributed by atoms with van der Waals surface area (Å²) in [5.74, 6) is 1.60. The van der Waals surface area contributed by atoms with Crippen LogP contribution >= 0.6 is 23.2 Å². The number of benzene rings is 4. The van der Waals surface area contributed by atoms with Crippen LogP contribution in [0, 0.1) is 13.8 Å². The second kappa shape index (κ2) is 11.2.